The number of fused-ring (bicyclic) bond motifs is 1. The molecule has 5 N–H and O–H groups in total. The molecule has 0 heterocycles. The van der Waals surface area contributed by atoms with Crippen LogP contribution in [0.5, 0.6) is 11.5 Å². The summed E-state index contributed by atoms with van der Waals surface area (Å²) in [4.78, 5) is 9.30. The largest absolute Gasteiger partial charge is 0.505 e. The predicted octanol–water partition coefficient (Wildman–Crippen LogP) is 0.872. The van der Waals surface area contributed by atoms with Crippen LogP contribution in [0.1, 0.15) is 6.92 Å². The van der Waals surface area contributed by atoms with Gasteiger partial charge in [0.1, 0.15) is 21.2 Å². The molecule has 3 rings (SSSR count). The van der Waals surface area contributed by atoms with Crippen LogP contribution in [0.4, 0.5) is 17.1 Å². The molecular formula is C21H21N3Na3O15S4. The summed E-state index contributed by atoms with van der Waals surface area (Å²) < 4.78 is 132. The number of phenols is 1. The van der Waals surface area contributed by atoms with E-state index in [-0.39, 0.29) is 111 Å². The summed E-state index contributed by atoms with van der Waals surface area (Å²) in [5.41, 5.74) is -1.61. The Balaban J connectivity index is 0.00000675. The Hall–Kier alpha value is -0.770. The van der Waals surface area contributed by atoms with Gasteiger partial charge in [-0.3, -0.25) is 18.5 Å². The van der Waals surface area contributed by atoms with Gasteiger partial charge in [0.25, 0.3) is 20.2 Å². The van der Waals surface area contributed by atoms with Crippen LogP contribution in [-0.4, -0.2) is 166 Å². The number of anilines is 1. The van der Waals surface area contributed by atoms with Gasteiger partial charge in [0.2, 0.25) is 5.91 Å². The first-order chi connectivity index (χ1) is 19.6. The first-order valence-corrected chi connectivity index (χ1v) is 17.0. The van der Waals surface area contributed by atoms with Gasteiger partial charge < -0.3 is 15.2 Å². The van der Waals surface area contributed by atoms with E-state index in [0.29, 0.717) is 6.07 Å². The average molecular weight is 753 g/mol. The van der Waals surface area contributed by atoms with Gasteiger partial charge in [-0.2, -0.15) is 30.4 Å². The van der Waals surface area contributed by atoms with Gasteiger partial charge in [0, 0.05) is 101 Å². The Bertz CT molecular complexity index is 2110. The second-order valence-electron chi connectivity index (χ2n) is 8.38. The molecule has 237 valence electrons. The first kappa shape index (κ1) is 45.2. The SMILES string of the molecule is COc1ccc(N=Nc2c(S(=O)(=O)O)cc3cc(S(=O)(=O)O)cc(NC(C)=O)c3c2O)cc1S(=O)(=O)CCOS(=O)(=O)O.[Na].[Na].[Na]. The zero-order valence-corrected chi connectivity index (χ0v) is 34.0. The molecule has 0 saturated carbocycles. The van der Waals surface area contributed by atoms with Crippen LogP contribution >= 0.6 is 0 Å². The van der Waals surface area contributed by atoms with Gasteiger partial charge in [0.15, 0.2) is 15.6 Å². The Labute approximate surface area is 329 Å². The van der Waals surface area contributed by atoms with E-state index in [1.54, 1.807) is 0 Å². The summed E-state index contributed by atoms with van der Waals surface area (Å²) in [6.45, 7) is 0.0645. The van der Waals surface area contributed by atoms with Crippen LogP contribution in [0.15, 0.2) is 61.3 Å². The van der Waals surface area contributed by atoms with Crippen molar-refractivity contribution < 1.29 is 66.2 Å². The van der Waals surface area contributed by atoms with E-state index < -0.39 is 90.6 Å². The third kappa shape index (κ3) is 11.7. The molecule has 0 spiro atoms. The number of nitrogens with one attached hydrogen (secondary N) is 1. The molecule has 3 radical (unpaired) electrons. The molecule has 3 aromatic carbocycles. The van der Waals surface area contributed by atoms with Crippen LogP contribution in [0.25, 0.3) is 10.8 Å². The fourth-order valence-electron chi connectivity index (χ4n) is 3.63. The molecule has 0 atom stereocenters. The number of carbonyl (C=O) groups excluding carboxylic acids is 1. The summed E-state index contributed by atoms with van der Waals surface area (Å²) in [7, 11) is -18.3. The van der Waals surface area contributed by atoms with E-state index in [9.17, 15) is 52.7 Å². The maximum absolute atomic E-state index is 12.8. The molecule has 0 aliphatic heterocycles. The minimum atomic E-state index is -5.21. The Morgan fingerprint density at radius 3 is 1.96 bits per heavy atom. The summed E-state index contributed by atoms with van der Waals surface area (Å²) in [6.07, 6.45) is 0. The van der Waals surface area contributed by atoms with Gasteiger partial charge in [0.05, 0.1) is 35.7 Å². The Kier molecular flexibility index (Phi) is 17.0. The minimum Gasteiger partial charge on any atom is -0.505 e. The second kappa shape index (κ2) is 17.2. The van der Waals surface area contributed by atoms with Gasteiger partial charge in [-0.25, -0.2) is 12.6 Å². The van der Waals surface area contributed by atoms with Crippen molar-refractivity contribution in [1.82, 2.24) is 0 Å². The predicted molar refractivity (Wildman–Crippen MR) is 164 cm³/mol. The number of carbonyl (C=O) groups is 1. The average Bonchev–Trinajstić information content (AvgIpc) is 2.85. The van der Waals surface area contributed by atoms with Gasteiger partial charge in [-0.05, 0) is 41.8 Å². The van der Waals surface area contributed by atoms with Gasteiger partial charge >= 0.3 is 10.4 Å². The number of amides is 1. The van der Waals surface area contributed by atoms with Gasteiger partial charge in [-0.15, -0.1) is 5.11 Å². The third-order valence-electron chi connectivity index (χ3n) is 5.34. The number of nitrogens with zero attached hydrogens (tertiary/aromatic N) is 2. The molecule has 0 bridgehead atoms. The number of aromatic hydroxyl groups is 1. The van der Waals surface area contributed by atoms with E-state index in [2.05, 4.69) is 19.7 Å². The summed E-state index contributed by atoms with van der Waals surface area (Å²) in [6, 6.07) is 5.34. The number of benzene rings is 3. The fraction of sp³-hybridized carbons (Fsp3) is 0.190. The van der Waals surface area contributed by atoms with Crippen LogP contribution in [0.3, 0.4) is 0 Å². The molecule has 0 aliphatic carbocycles. The molecule has 0 aromatic heterocycles. The van der Waals surface area contributed by atoms with E-state index in [1.165, 1.54) is 0 Å². The number of hydrogen-bond donors (Lipinski definition) is 5. The number of hydrogen-bond acceptors (Lipinski definition) is 14. The number of sulfone groups is 1. The number of phenolic OH excluding ortho intramolecular Hbond substituents is 1. The molecule has 0 fully saturated rings. The fourth-order valence-corrected chi connectivity index (χ4v) is 6.51. The summed E-state index contributed by atoms with van der Waals surface area (Å²) in [5.74, 6) is -2.96. The quantitative estimate of drug-likeness (QED) is 0.103. The molecule has 0 unspecified atom stereocenters. The first-order valence-electron chi connectivity index (χ1n) is 11.1. The molecule has 46 heavy (non-hydrogen) atoms. The topological polar surface area (TPSA) is 290 Å². The van der Waals surface area contributed by atoms with Crippen molar-refractivity contribution in [3.05, 3.63) is 36.4 Å². The van der Waals surface area contributed by atoms with E-state index >= 15 is 0 Å². The zero-order chi connectivity index (χ0) is 32.5. The maximum atomic E-state index is 12.8. The number of rotatable bonds is 11. The molecule has 0 saturated heterocycles. The normalized spacial score (nSPS) is 12.1. The monoisotopic (exact) mass is 752 g/mol. The van der Waals surface area contributed by atoms with Crippen molar-refractivity contribution in [1.29, 1.82) is 0 Å². The number of azo groups is 1. The van der Waals surface area contributed by atoms with Crippen molar-refractivity contribution in [2.45, 2.75) is 21.6 Å². The smallest absolute Gasteiger partial charge is 0.397 e. The maximum Gasteiger partial charge on any atom is 0.397 e. The molecule has 25 heteroatoms. The summed E-state index contributed by atoms with van der Waals surface area (Å²) in [5, 5.41) is 19.8. The van der Waals surface area contributed by atoms with E-state index in [1.807, 2.05) is 0 Å². The van der Waals surface area contributed by atoms with Gasteiger partial charge in [-0.1, -0.05) is 0 Å². The van der Waals surface area contributed by atoms with Crippen molar-refractivity contribution in [2.24, 2.45) is 10.2 Å². The Morgan fingerprint density at radius 2 is 1.46 bits per heavy atom. The molecule has 1 amide bonds. The van der Waals surface area contributed by atoms with E-state index in [0.717, 1.165) is 44.4 Å². The van der Waals surface area contributed by atoms with Crippen LogP contribution in [0, 0.1) is 0 Å². The van der Waals surface area contributed by atoms with Crippen LogP contribution in [0.2, 0.25) is 0 Å². The molecule has 0 aliphatic rings. The second-order valence-corrected chi connectivity index (χ2v) is 14.4. The molecular weight excluding hydrogens is 731 g/mol. The zero-order valence-electron chi connectivity index (χ0n) is 24.7. The molecule has 18 nitrogen and oxygen atoms in total. The van der Waals surface area contributed by atoms with E-state index in [4.69, 9.17) is 9.29 Å². The van der Waals surface area contributed by atoms with Crippen LogP contribution < -0.4 is 10.1 Å². The van der Waals surface area contributed by atoms with Crippen molar-refractivity contribution >= 4 is 163 Å². The third-order valence-corrected chi connectivity index (χ3v) is 9.20. The molecule has 3 aromatic rings. The number of ether oxygens (including phenoxy) is 1. The van der Waals surface area contributed by atoms with Crippen LogP contribution in [-0.2, 0) is 49.5 Å². The van der Waals surface area contributed by atoms with Crippen molar-refractivity contribution in [3.8, 4) is 11.5 Å². The summed E-state index contributed by atoms with van der Waals surface area (Å²) >= 11 is 0. The van der Waals surface area contributed by atoms with Crippen molar-refractivity contribution in [3.63, 3.8) is 0 Å². The Morgan fingerprint density at radius 1 is 0.848 bits per heavy atom. The minimum absolute atomic E-state index is 0. The standard InChI is InChI=1S/C21H21N3O15S4.3Na/c1-11(25)22-15-10-14(41(29,30)31)7-12-8-18(42(32,33)34)20(21(26)19(12)15)24-23-13-3-4-16(38-2)17(9-13)40(27,28)6-5-39-43(35,36)37;;;/h3-4,7-10,26H,5-6H2,1-2H3,(H,22,25)(H,29,30,31)(H,32,33,34)(H,35,36,37);;;. The number of methoxy groups -OCH3 is 1. The van der Waals surface area contributed by atoms with Crippen molar-refractivity contribution in [2.75, 3.05) is 24.8 Å².